The van der Waals surface area contributed by atoms with Crippen LogP contribution in [-0.4, -0.2) is 34.8 Å². The fraction of sp³-hybridized carbons (Fsp3) is 0.600. The van der Waals surface area contributed by atoms with Gasteiger partial charge in [-0.05, 0) is 13.3 Å². The van der Waals surface area contributed by atoms with E-state index in [4.69, 9.17) is 15.7 Å². The van der Waals surface area contributed by atoms with Gasteiger partial charge in [-0.2, -0.15) is 0 Å². The molecule has 1 unspecified atom stereocenters. The first-order valence-corrected chi connectivity index (χ1v) is 5.40. The molecule has 0 radical (unpaired) electrons. The van der Waals surface area contributed by atoms with Crippen molar-refractivity contribution in [3.05, 3.63) is 11.9 Å². The standard InChI is InChI=1S/C10H19N5O2/c1-7(3-4-16)12-8-5-9(15-11)14-10(13-8)6-17-2/h5,7,16H,3-4,6,11H2,1-2H3,(H2,12,13,14,15). The van der Waals surface area contributed by atoms with Crippen LogP contribution in [0, 0.1) is 0 Å². The maximum atomic E-state index is 8.83. The Morgan fingerprint density at radius 1 is 1.47 bits per heavy atom. The molecular formula is C10H19N5O2. The molecule has 0 fully saturated rings. The summed E-state index contributed by atoms with van der Waals surface area (Å²) in [6.07, 6.45) is 0.648. The van der Waals surface area contributed by atoms with E-state index in [1.54, 1.807) is 13.2 Å². The number of aromatic nitrogens is 2. The van der Waals surface area contributed by atoms with E-state index in [2.05, 4.69) is 20.7 Å². The molecule has 0 aromatic carbocycles. The van der Waals surface area contributed by atoms with Crippen LogP contribution in [0.3, 0.4) is 0 Å². The number of hydrazine groups is 1. The Morgan fingerprint density at radius 3 is 2.76 bits per heavy atom. The van der Waals surface area contributed by atoms with E-state index in [1.807, 2.05) is 6.92 Å². The Balaban J connectivity index is 2.79. The summed E-state index contributed by atoms with van der Waals surface area (Å²) in [6.45, 7) is 2.41. The van der Waals surface area contributed by atoms with Crippen molar-refractivity contribution in [1.29, 1.82) is 0 Å². The van der Waals surface area contributed by atoms with Crippen LogP contribution in [0.2, 0.25) is 0 Å². The van der Waals surface area contributed by atoms with Gasteiger partial charge in [0.25, 0.3) is 0 Å². The zero-order valence-electron chi connectivity index (χ0n) is 10.1. The molecule has 0 aliphatic rings. The molecule has 96 valence electrons. The summed E-state index contributed by atoms with van der Waals surface area (Å²) in [5, 5.41) is 12.0. The number of ether oxygens (including phenoxy) is 1. The highest BCUT2D eigenvalue weighted by atomic mass is 16.5. The average molecular weight is 241 g/mol. The van der Waals surface area contributed by atoms with Crippen LogP contribution >= 0.6 is 0 Å². The van der Waals surface area contributed by atoms with Crippen molar-refractivity contribution in [3.63, 3.8) is 0 Å². The van der Waals surface area contributed by atoms with Crippen molar-refractivity contribution in [3.8, 4) is 0 Å². The second kappa shape index (κ2) is 7.00. The second-order valence-corrected chi connectivity index (χ2v) is 3.69. The van der Waals surface area contributed by atoms with Crippen molar-refractivity contribution < 1.29 is 9.84 Å². The molecule has 0 saturated heterocycles. The molecule has 0 aliphatic carbocycles. The van der Waals surface area contributed by atoms with E-state index in [0.717, 1.165) is 0 Å². The lowest BCUT2D eigenvalue weighted by Gasteiger charge is -2.14. The van der Waals surface area contributed by atoms with Crippen molar-refractivity contribution in [2.45, 2.75) is 26.0 Å². The molecule has 7 nitrogen and oxygen atoms in total. The Labute approximate surface area is 100 Å². The van der Waals surface area contributed by atoms with Crippen molar-refractivity contribution in [1.82, 2.24) is 9.97 Å². The van der Waals surface area contributed by atoms with Gasteiger partial charge in [0.15, 0.2) is 5.82 Å². The maximum absolute atomic E-state index is 8.83. The number of methoxy groups -OCH3 is 1. The molecule has 5 N–H and O–H groups in total. The van der Waals surface area contributed by atoms with Gasteiger partial charge in [0.2, 0.25) is 0 Å². The third-order valence-electron chi connectivity index (χ3n) is 2.15. The van der Waals surface area contributed by atoms with Crippen molar-refractivity contribution in [2.75, 3.05) is 24.5 Å². The summed E-state index contributed by atoms with van der Waals surface area (Å²) in [6, 6.07) is 1.82. The topological polar surface area (TPSA) is 105 Å². The molecule has 1 aromatic heterocycles. The van der Waals surface area contributed by atoms with E-state index in [9.17, 15) is 0 Å². The van der Waals surface area contributed by atoms with Gasteiger partial charge in [-0.3, -0.25) is 0 Å². The van der Waals surface area contributed by atoms with E-state index in [1.165, 1.54) is 0 Å². The number of hydrogen-bond donors (Lipinski definition) is 4. The summed E-state index contributed by atoms with van der Waals surface area (Å²) < 4.78 is 4.97. The number of anilines is 2. The van der Waals surface area contributed by atoms with E-state index in [-0.39, 0.29) is 12.6 Å². The number of nitrogen functional groups attached to an aromatic ring is 1. The monoisotopic (exact) mass is 241 g/mol. The molecular weight excluding hydrogens is 222 g/mol. The maximum Gasteiger partial charge on any atom is 0.158 e. The molecule has 0 aliphatic heterocycles. The summed E-state index contributed by atoms with van der Waals surface area (Å²) in [4.78, 5) is 8.40. The van der Waals surface area contributed by atoms with Gasteiger partial charge in [-0.25, -0.2) is 15.8 Å². The highest BCUT2D eigenvalue weighted by Gasteiger charge is 2.06. The summed E-state index contributed by atoms with van der Waals surface area (Å²) >= 11 is 0. The van der Waals surface area contributed by atoms with E-state index < -0.39 is 0 Å². The minimum atomic E-state index is 0.121. The van der Waals surface area contributed by atoms with Gasteiger partial charge in [0, 0.05) is 25.8 Å². The molecule has 1 atom stereocenters. The second-order valence-electron chi connectivity index (χ2n) is 3.69. The largest absolute Gasteiger partial charge is 0.396 e. The first-order valence-electron chi connectivity index (χ1n) is 5.40. The lowest BCUT2D eigenvalue weighted by Crippen LogP contribution is -2.19. The number of rotatable bonds is 7. The third kappa shape index (κ3) is 4.51. The number of nitrogens with two attached hydrogens (primary N) is 1. The van der Waals surface area contributed by atoms with Crippen LogP contribution < -0.4 is 16.6 Å². The lowest BCUT2D eigenvalue weighted by molar-refractivity contribution is 0.178. The van der Waals surface area contributed by atoms with Crippen molar-refractivity contribution >= 4 is 11.6 Å². The number of nitrogens with zero attached hydrogens (tertiary/aromatic N) is 2. The molecule has 17 heavy (non-hydrogen) atoms. The van der Waals surface area contributed by atoms with Crippen LogP contribution in [-0.2, 0) is 11.3 Å². The predicted molar refractivity (Wildman–Crippen MR) is 65.3 cm³/mol. The lowest BCUT2D eigenvalue weighted by atomic mass is 10.2. The first kappa shape index (κ1) is 13.6. The SMILES string of the molecule is COCc1nc(NN)cc(NC(C)CCO)n1. The molecule has 1 aromatic rings. The van der Waals surface area contributed by atoms with Crippen LogP contribution in [0.25, 0.3) is 0 Å². The number of aliphatic hydroxyl groups is 1. The molecule has 0 spiro atoms. The Morgan fingerprint density at radius 2 is 2.18 bits per heavy atom. The molecule has 0 amide bonds. The molecule has 0 saturated carbocycles. The zero-order valence-corrected chi connectivity index (χ0v) is 10.1. The number of hydrogen-bond acceptors (Lipinski definition) is 7. The smallest absolute Gasteiger partial charge is 0.158 e. The molecule has 0 bridgehead atoms. The van der Waals surface area contributed by atoms with Gasteiger partial charge in [-0.1, -0.05) is 0 Å². The first-order chi connectivity index (χ1) is 8.19. The van der Waals surface area contributed by atoms with Gasteiger partial charge >= 0.3 is 0 Å². The summed E-state index contributed by atoms with van der Waals surface area (Å²) in [5.74, 6) is 7.04. The minimum Gasteiger partial charge on any atom is -0.396 e. The highest BCUT2D eigenvalue weighted by molar-refractivity contribution is 5.47. The Bertz CT molecular complexity index is 347. The van der Waals surface area contributed by atoms with Gasteiger partial charge < -0.3 is 20.6 Å². The highest BCUT2D eigenvalue weighted by Crippen LogP contribution is 2.12. The average Bonchev–Trinajstić information content (AvgIpc) is 2.29. The van der Waals surface area contributed by atoms with Crippen LogP contribution in [0.15, 0.2) is 6.07 Å². The Hall–Kier alpha value is -1.44. The number of aliphatic hydroxyl groups excluding tert-OH is 1. The molecule has 1 rings (SSSR count). The van der Waals surface area contributed by atoms with Crippen LogP contribution in [0.4, 0.5) is 11.6 Å². The third-order valence-corrected chi connectivity index (χ3v) is 2.15. The quantitative estimate of drug-likeness (QED) is 0.396. The van der Waals surface area contributed by atoms with Crippen LogP contribution in [0.1, 0.15) is 19.2 Å². The molecule has 1 heterocycles. The van der Waals surface area contributed by atoms with Crippen molar-refractivity contribution in [2.24, 2.45) is 5.84 Å². The van der Waals surface area contributed by atoms with Gasteiger partial charge in [-0.15, -0.1) is 0 Å². The van der Waals surface area contributed by atoms with Crippen LogP contribution in [0.5, 0.6) is 0 Å². The molecule has 7 heteroatoms. The summed E-state index contributed by atoms with van der Waals surface area (Å²) in [5.41, 5.74) is 2.48. The van der Waals surface area contributed by atoms with Gasteiger partial charge in [0.1, 0.15) is 18.2 Å². The fourth-order valence-electron chi connectivity index (χ4n) is 1.36. The fourth-order valence-corrected chi connectivity index (χ4v) is 1.36. The van der Waals surface area contributed by atoms with E-state index >= 15 is 0 Å². The minimum absolute atomic E-state index is 0.121. The Kier molecular flexibility index (Phi) is 5.61. The van der Waals surface area contributed by atoms with Gasteiger partial charge in [0.05, 0.1) is 0 Å². The number of nitrogens with one attached hydrogen (secondary N) is 2. The zero-order chi connectivity index (χ0) is 12.7. The normalized spacial score (nSPS) is 12.2. The summed E-state index contributed by atoms with van der Waals surface area (Å²) in [7, 11) is 1.58. The predicted octanol–water partition coefficient (Wildman–Crippen LogP) is 0.0914. The van der Waals surface area contributed by atoms with E-state index in [0.29, 0.717) is 30.5 Å².